The molecule has 1 atom stereocenters. The molecular weight excluding hydrogens is 362 g/mol. The van der Waals surface area contributed by atoms with Gasteiger partial charge < -0.3 is 19.3 Å². The van der Waals surface area contributed by atoms with E-state index in [1.807, 2.05) is 12.3 Å². The molecule has 156 valence electrons. The van der Waals surface area contributed by atoms with Crippen LogP contribution >= 0.6 is 0 Å². The first-order chi connectivity index (χ1) is 14.2. The number of aromatic nitrogens is 2. The number of benzene rings is 1. The molecule has 0 bridgehead atoms. The Morgan fingerprint density at radius 1 is 1.10 bits per heavy atom. The zero-order chi connectivity index (χ0) is 20.1. The summed E-state index contributed by atoms with van der Waals surface area (Å²) in [4.78, 5) is 24.4. The molecule has 1 amide bonds. The monoisotopic (exact) mass is 395 g/mol. The summed E-state index contributed by atoms with van der Waals surface area (Å²) in [7, 11) is 2.16. The van der Waals surface area contributed by atoms with Crippen molar-refractivity contribution in [3.8, 4) is 0 Å². The number of piperidine rings is 1. The van der Waals surface area contributed by atoms with E-state index in [0.717, 1.165) is 71.0 Å². The van der Waals surface area contributed by atoms with Crippen molar-refractivity contribution in [2.45, 2.75) is 31.7 Å². The minimum atomic E-state index is 0.301. The van der Waals surface area contributed by atoms with E-state index in [1.54, 1.807) is 0 Å². The first-order valence-electron chi connectivity index (χ1n) is 10.9. The zero-order valence-electron chi connectivity index (χ0n) is 17.5. The van der Waals surface area contributed by atoms with E-state index in [1.165, 1.54) is 5.56 Å². The lowest BCUT2D eigenvalue weighted by Crippen LogP contribution is -2.46. The Balaban J connectivity index is 1.33. The SMILES string of the molecule is CN1CCN(CCC(=O)N2CCC[C@@H](c3nccn3Cc3ccccc3)C2)CC1. The second kappa shape index (κ2) is 9.55. The van der Waals surface area contributed by atoms with E-state index in [-0.39, 0.29) is 0 Å². The molecule has 4 rings (SSSR count). The number of nitrogens with zero attached hydrogens (tertiary/aromatic N) is 5. The van der Waals surface area contributed by atoms with Crippen molar-refractivity contribution in [1.29, 1.82) is 0 Å². The summed E-state index contributed by atoms with van der Waals surface area (Å²) in [5.74, 6) is 1.75. The predicted octanol–water partition coefficient (Wildman–Crippen LogP) is 2.27. The Bertz CT molecular complexity index is 782. The van der Waals surface area contributed by atoms with Gasteiger partial charge in [-0.2, -0.15) is 0 Å². The standard InChI is InChI=1S/C23H33N5O/c1-25-14-16-26(17-15-25)12-9-22(29)27-11-5-8-21(19-27)23-24-10-13-28(23)18-20-6-3-2-4-7-20/h2-4,6-7,10,13,21H,5,8-9,11-12,14-19H2,1H3/t21-/m1/s1. The topological polar surface area (TPSA) is 44.6 Å². The van der Waals surface area contributed by atoms with Gasteiger partial charge in [0.25, 0.3) is 0 Å². The Labute approximate surface area is 174 Å². The molecule has 1 aromatic carbocycles. The number of hydrogen-bond donors (Lipinski definition) is 0. The number of likely N-dealkylation sites (N-methyl/N-ethyl adjacent to an activating group) is 1. The third-order valence-corrected chi connectivity index (χ3v) is 6.32. The van der Waals surface area contributed by atoms with Crippen LogP contribution in [0.4, 0.5) is 0 Å². The first kappa shape index (κ1) is 20.1. The number of hydrogen-bond acceptors (Lipinski definition) is 4. The number of rotatable bonds is 6. The summed E-state index contributed by atoms with van der Waals surface area (Å²) in [6.45, 7) is 7.76. The fraction of sp³-hybridized carbons (Fsp3) is 0.565. The minimum Gasteiger partial charge on any atom is -0.342 e. The molecule has 2 aliphatic heterocycles. The summed E-state index contributed by atoms with van der Waals surface area (Å²) in [5, 5.41) is 0. The van der Waals surface area contributed by atoms with E-state index >= 15 is 0 Å². The molecule has 1 aromatic heterocycles. The van der Waals surface area contributed by atoms with Crippen LogP contribution in [0.25, 0.3) is 0 Å². The van der Waals surface area contributed by atoms with Gasteiger partial charge in [-0.05, 0) is 25.5 Å². The molecule has 2 aromatic rings. The average Bonchev–Trinajstić information content (AvgIpc) is 3.22. The lowest BCUT2D eigenvalue weighted by molar-refractivity contribution is -0.132. The molecular formula is C23H33N5O. The van der Waals surface area contributed by atoms with Crippen molar-refractivity contribution in [2.75, 3.05) is 52.9 Å². The van der Waals surface area contributed by atoms with Crippen molar-refractivity contribution in [3.05, 3.63) is 54.1 Å². The maximum absolute atomic E-state index is 12.9. The minimum absolute atomic E-state index is 0.301. The molecule has 0 spiro atoms. The first-order valence-corrected chi connectivity index (χ1v) is 10.9. The van der Waals surface area contributed by atoms with E-state index in [0.29, 0.717) is 18.2 Å². The van der Waals surface area contributed by atoms with Crippen molar-refractivity contribution in [2.24, 2.45) is 0 Å². The van der Waals surface area contributed by atoms with Crippen molar-refractivity contribution >= 4 is 5.91 Å². The molecule has 6 heteroatoms. The Morgan fingerprint density at radius 3 is 2.69 bits per heavy atom. The van der Waals surface area contributed by atoms with Crippen molar-refractivity contribution in [3.63, 3.8) is 0 Å². The summed E-state index contributed by atoms with van der Waals surface area (Å²) < 4.78 is 2.25. The van der Waals surface area contributed by atoms with Crippen LogP contribution in [-0.4, -0.2) is 83.0 Å². The highest BCUT2D eigenvalue weighted by Crippen LogP contribution is 2.26. The molecule has 2 saturated heterocycles. The Hall–Kier alpha value is -2.18. The molecule has 0 N–H and O–H groups in total. The van der Waals surface area contributed by atoms with Crippen molar-refractivity contribution < 1.29 is 4.79 Å². The van der Waals surface area contributed by atoms with Gasteiger partial charge in [0.15, 0.2) is 0 Å². The van der Waals surface area contributed by atoms with Gasteiger partial charge in [-0.25, -0.2) is 4.98 Å². The normalized spacial score (nSPS) is 21.4. The number of piperazine rings is 1. The number of carbonyl (C=O) groups is 1. The highest BCUT2D eigenvalue weighted by atomic mass is 16.2. The lowest BCUT2D eigenvalue weighted by atomic mass is 9.96. The molecule has 3 heterocycles. The predicted molar refractivity (Wildman–Crippen MR) is 115 cm³/mol. The number of carbonyl (C=O) groups excluding carboxylic acids is 1. The van der Waals surface area contributed by atoms with E-state index < -0.39 is 0 Å². The van der Waals surface area contributed by atoms with Crippen LogP contribution < -0.4 is 0 Å². The smallest absolute Gasteiger partial charge is 0.223 e. The maximum Gasteiger partial charge on any atom is 0.223 e. The summed E-state index contributed by atoms with van der Waals surface area (Å²) in [5.41, 5.74) is 1.28. The largest absolute Gasteiger partial charge is 0.342 e. The third kappa shape index (κ3) is 5.25. The second-order valence-corrected chi connectivity index (χ2v) is 8.47. The van der Waals surface area contributed by atoms with Crippen LogP contribution in [0.15, 0.2) is 42.7 Å². The van der Waals surface area contributed by atoms with Crippen LogP contribution in [0.5, 0.6) is 0 Å². The third-order valence-electron chi connectivity index (χ3n) is 6.32. The van der Waals surface area contributed by atoms with Gasteiger partial charge in [-0.3, -0.25) is 4.79 Å². The van der Waals surface area contributed by atoms with Crippen LogP contribution in [0.2, 0.25) is 0 Å². The number of amides is 1. The van der Waals surface area contributed by atoms with Crippen LogP contribution in [0.1, 0.15) is 36.6 Å². The van der Waals surface area contributed by atoms with Crippen LogP contribution in [0, 0.1) is 0 Å². The van der Waals surface area contributed by atoms with Gasteiger partial charge in [0.2, 0.25) is 5.91 Å². The Kier molecular flexibility index (Phi) is 6.62. The zero-order valence-corrected chi connectivity index (χ0v) is 17.5. The van der Waals surface area contributed by atoms with Crippen molar-refractivity contribution in [1.82, 2.24) is 24.3 Å². The van der Waals surface area contributed by atoms with Crippen LogP contribution in [-0.2, 0) is 11.3 Å². The fourth-order valence-electron chi connectivity index (χ4n) is 4.49. The summed E-state index contributed by atoms with van der Waals surface area (Å²) in [6, 6.07) is 10.5. The number of likely N-dealkylation sites (tertiary alicyclic amines) is 1. The van der Waals surface area contributed by atoms with E-state index in [4.69, 9.17) is 0 Å². The quantitative estimate of drug-likeness (QED) is 0.753. The van der Waals surface area contributed by atoms with Gasteiger partial charge in [0, 0.05) is 77.1 Å². The van der Waals surface area contributed by atoms with E-state index in [2.05, 4.69) is 61.8 Å². The molecule has 0 saturated carbocycles. The Morgan fingerprint density at radius 2 is 1.90 bits per heavy atom. The molecule has 6 nitrogen and oxygen atoms in total. The van der Waals surface area contributed by atoms with Gasteiger partial charge in [-0.1, -0.05) is 30.3 Å². The average molecular weight is 396 g/mol. The lowest BCUT2D eigenvalue weighted by Gasteiger charge is -2.35. The fourth-order valence-corrected chi connectivity index (χ4v) is 4.49. The molecule has 29 heavy (non-hydrogen) atoms. The van der Waals surface area contributed by atoms with Gasteiger partial charge in [-0.15, -0.1) is 0 Å². The maximum atomic E-state index is 12.9. The van der Waals surface area contributed by atoms with Gasteiger partial charge in [0.1, 0.15) is 5.82 Å². The number of imidazole rings is 1. The molecule has 0 aliphatic carbocycles. The van der Waals surface area contributed by atoms with E-state index in [9.17, 15) is 4.79 Å². The highest BCUT2D eigenvalue weighted by Gasteiger charge is 2.27. The molecule has 0 unspecified atom stereocenters. The molecule has 2 aliphatic rings. The summed E-state index contributed by atoms with van der Waals surface area (Å²) >= 11 is 0. The van der Waals surface area contributed by atoms with Gasteiger partial charge in [0.05, 0.1) is 0 Å². The summed E-state index contributed by atoms with van der Waals surface area (Å²) in [6.07, 6.45) is 6.76. The highest BCUT2D eigenvalue weighted by molar-refractivity contribution is 5.76. The van der Waals surface area contributed by atoms with Gasteiger partial charge >= 0.3 is 0 Å². The molecule has 2 fully saturated rings. The molecule has 0 radical (unpaired) electrons. The van der Waals surface area contributed by atoms with Crippen LogP contribution in [0.3, 0.4) is 0 Å². The second-order valence-electron chi connectivity index (χ2n) is 8.47.